The minimum atomic E-state index is -1.15. The van der Waals surface area contributed by atoms with E-state index in [1.807, 2.05) is 24.3 Å². The molecule has 1 spiro atoms. The fraction of sp³-hybridized carbons (Fsp3) is 0.618. The average Bonchev–Trinajstić information content (AvgIpc) is 3.62. The number of aliphatic hydroxyl groups excluding tert-OH is 1. The first kappa shape index (κ1) is 34.2. The van der Waals surface area contributed by atoms with Crippen molar-refractivity contribution in [3.05, 3.63) is 49.6 Å². The number of alkyl halides is 1. The van der Waals surface area contributed by atoms with Gasteiger partial charge in [-0.2, -0.15) is 0 Å². The highest BCUT2D eigenvalue weighted by molar-refractivity contribution is 9.09. The second-order valence-corrected chi connectivity index (χ2v) is 13.0. The Labute approximate surface area is 270 Å². The molecule has 242 valence electrons. The number of hydrogen-bond acceptors (Lipinski definition) is 7. The highest BCUT2D eigenvalue weighted by Gasteiger charge is 2.77. The predicted octanol–water partition coefficient (Wildman–Crippen LogP) is 4.86. The molecular formula is C34H48BrN3O6. The number of likely N-dealkylation sites (tertiary alicyclic amines) is 1. The number of unbranched alkanes of at least 4 members (excludes halogenated alkanes) is 4. The van der Waals surface area contributed by atoms with Crippen LogP contribution in [0.25, 0.3) is 0 Å². The lowest BCUT2D eigenvalue weighted by molar-refractivity contribution is -0.155. The Kier molecular flexibility index (Phi) is 12.1. The van der Waals surface area contributed by atoms with E-state index in [0.717, 1.165) is 38.0 Å². The first-order valence-electron chi connectivity index (χ1n) is 16.1. The fourth-order valence-electron chi connectivity index (χ4n) is 7.19. The summed E-state index contributed by atoms with van der Waals surface area (Å²) in [6.07, 6.45) is 7.73. The van der Waals surface area contributed by atoms with Gasteiger partial charge in [0.1, 0.15) is 11.6 Å². The van der Waals surface area contributed by atoms with Crippen LogP contribution in [0.1, 0.15) is 58.8 Å². The summed E-state index contributed by atoms with van der Waals surface area (Å²) in [6, 6.07) is 6.99. The lowest BCUT2D eigenvalue weighted by atomic mass is 9.70. The summed E-state index contributed by atoms with van der Waals surface area (Å²) in [7, 11) is 0. The summed E-state index contributed by atoms with van der Waals surface area (Å²) in [5.74, 6) is -2.51. The Bertz CT molecular complexity index is 1170. The number of anilines is 2. The quantitative estimate of drug-likeness (QED) is 0.103. The maximum absolute atomic E-state index is 14.7. The van der Waals surface area contributed by atoms with E-state index >= 15 is 0 Å². The lowest BCUT2D eigenvalue weighted by Gasteiger charge is -2.37. The highest BCUT2D eigenvalue weighted by atomic mass is 79.9. The van der Waals surface area contributed by atoms with Crippen molar-refractivity contribution in [2.75, 3.05) is 49.2 Å². The van der Waals surface area contributed by atoms with Crippen molar-refractivity contribution in [1.29, 1.82) is 0 Å². The molecule has 3 aliphatic heterocycles. The molecule has 1 N–H and O–H groups in total. The maximum atomic E-state index is 14.7. The standard InChI is InChI=1S/C34H48BrN3O6/c1-5-9-14-22-43-33(42)27-28-31(40)38(20-12-10-11-13-21-39)30(34(28)23-26(35)29(27)44-34)32(41)37(19-6-2)25-17-15-24(16-18-25)36(7-3)8-4/h5-6,15-18,26-30,39H,1-2,7-14,19-23H2,3-4H3/t26?,27-,28-,29-,30?,34?/m0/s1. The number of nitrogens with zero attached hydrogens (tertiary/aromatic N) is 3. The third-order valence-corrected chi connectivity index (χ3v) is 10.1. The highest BCUT2D eigenvalue weighted by Crippen LogP contribution is 2.60. The molecule has 2 amide bonds. The minimum Gasteiger partial charge on any atom is -0.465 e. The second-order valence-electron chi connectivity index (χ2n) is 11.9. The van der Waals surface area contributed by atoms with Crippen LogP contribution in [-0.2, 0) is 23.9 Å². The summed E-state index contributed by atoms with van der Waals surface area (Å²) in [4.78, 5) is 47.9. The third kappa shape index (κ3) is 6.63. The lowest BCUT2D eigenvalue weighted by Crippen LogP contribution is -2.57. The van der Waals surface area contributed by atoms with E-state index in [4.69, 9.17) is 9.47 Å². The molecule has 44 heavy (non-hydrogen) atoms. The SMILES string of the molecule is C=CCCCOC(=O)[C@H]1[C@H]2C(=O)N(CCCCCCO)C(C(=O)N(CC=C)c3ccc(N(CC)CC)cc3)C23CC(Br)[C@@H]1O3. The summed E-state index contributed by atoms with van der Waals surface area (Å²) in [6.45, 7) is 14.6. The Balaban J connectivity index is 1.68. The van der Waals surface area contributed by atoms with E-state index in [0.29, 0.717) is 37.9 Å². The number of amides is 2. The van der Waals surface area contributed by atoms with Crippen LogP contribution in [0.4, 0.5) is 11.4 Å². The molecule has 10 heteroatoms. The average molecular weight is 675 g/mol. The summed E-state index contributed by atoms with van der Waals surface area (Å²) in [5.41, 5.74) is 0.629. The molecule has 1 aromatic carbocycles. The number of hydrogen-bond donors (Lipinski definition) is 1. The molecule has 3 saturated heterocycles. The minimum absolute atomic E-state index is 0.122. The summed E-state index contributed by atoms with van der Waals surface area (Å²) < 4.78 is 12.3. The molecule has 3 fully saturated rings. The van der Waals surface area contributed by atoms with Crippen LogP contribution in [-0.4, -0.2) is 89.8 Å². The first-order chi connectivity index (χ1) is 21.3. The van der Waals surface area contributed by atoms with Gasteiger partial charge in [0, 0.05) is 49.0 Å². The molecule has 0 aromatic heterocycles. The van der Waals surface area contributed by atoms with Gasteiger partial charge in [-0.25, -0.2) is 0 Å². The summed E-state index contributed by atoms with van der Waals surface area (Å²) in [5, 5.41) is 9.21. The molecule has 0 aliphatic carbocycles. The largest absolute Gasteiger partial charge is 0.465 e. The molecule has 0 saturated carbocycles. The number of ether oxygens (including phenoxy) is 2. The number of halogens is 1. The van der Waals surface area contributed by atoms with Gasteiger partial charge in [-0.3, -0.25) is 14.4 Å². The smallest absolute Gasteiger partial charge is 0.312 e. The van der Waals surface area contributed by atoms with E-state index in [1.165, 1.54) is 0 Å². The van der Waals surface area contributed by atoms with Crippen LogP contribution >= 0.6 is 15.9 Å². The fourth-order valence-corrected chi connectivity index (χ4v) is 8.14. The van der Waals surface area contributed by atoms with Crippen LogP contribution in [0.2, 0.25) is 0 Å². The van der Waals surface area contributed by atoms with Crippen molar-refractivity contribution in [2.45, 2.75) is 81.4 Å². The number of benzene rings is 1. The zero-order valence-corrected chi connectivity index (χ0v) is 27.8. The molecule has 3 heterocycles. The molecule has 2 bridgehead atoms. The maximum Gasteiger partial charge on any atom is 0.312 e. The number of fused-ring (bicyclic) bond motifs is 1. The molecule has 0 radical (unpaired) electrons. The molecule has 3 aliphatic rings. The van der Waals surface area contributed by atoms with Crippen molar-refractivity contribution in [1.82, 2.24) is 4.90 Å². The van der Waals surface area contributed by atoms with Crippen molar-refractivity contribution in [2.24, 2.45) is 11.8 Å². The van der Waals surface area contributed by atoms with Gasteiger partial charge in [0.2, 0.25) is 5.91 Å². The normalized spacial score (nSPS) is 26.9. The Hall–Kier alpha value is -2.69. The van der Waals surface area contributed by atoms with E-state index < -0.39 is 35.6 Å². The van der Waals surface area contributed by atoms with Gasteiger partial charge >= 0.3 is 5.97 Å². The number of esters is 1. The number of rotatable bonds is 18. The van der Waals surface area contributed by atoms with Crippen LogP contribution < -0.4 is 9.80 Å². The van der Waals surface area contributed by atoms with E-state index in [-0.39, 0.29) is 36.4 Å². The zero-order chi connectivity index (χ0) is 31.9. The van der Waals surface area contributed by atoms with Crippen molar-refractivity contribution >= 4 is 45.1 Å². The molecule has 3 unspecified atom stereocenters. The molecule has 6 atom stereocenters. The Morgan fingerprint density at radius 2 is 1.77 bits per heavy atom. The molecule has 9 nitrogen and oxygen atoms in total. The van der Waals surface area contributed by atoms with Gasteiger partial charge in [-0.15, -0.1) is 13.2 Å². The monoisotopic (exact) mass is 673 g/mol. The molecular weight excluding hydrogens is 626 g/mol. The van der Waals surface area contributed by atoms with Gasteiger partial charge in [0.25, 0.3) is 5.91 Å². The Morgan fingerprint density at radius 1 is 1.09 bits per heavy atom. The van der Waals surface area contributed by atoms with Gasteiger partial charge in [0.15, 0.2) is 0 Å². The van der Waals surface area contributed by atoms with Crippen LogP contribution in [0.15, 0.2) is 49.6 Å². The Morgan fingerprint density at radius 3 is 2.41 bits per heavy atom. The van der Waals surface area contributed by atoms with Crippen molar-refractivity contribution < 1.29 is 29.0 Å². The predicted molar refractivity (Wildman–Crippen MR) is 176 cm³/mol. The van der Waals surface area contributed by atoms with E-state index in [1.54, 1.807) is 22.0 Å². The van der Waals surface area contributed by atoms with Gasteiger partial charge < -0.3 is 29.3 Å². The van der Waals surface area contributed by atoms with Crippen LogP contribution in [0.5, 0.6) is 0 Å². The topological polar surface area (TPSA) is 99.6 Å². The molecule has 4 rings (SSSR count). The third-order valence-electron chi connectivity index (χ3n) is 9.27. The summed E-state index contributed by atoms with van der Waals surface area (Å²) >= 11 is 3.73. The van der Waals surface area contributed by atoms with Gasteiger partial charge in [0.05, 0.1) is 24.5 Å². The van der Waals surface area contributed by atoms with Crippen molar-refractivity contribution in [3.8, 4) is 0 Å². The second kappa shape index (κ2) is 15.5. The van der Waals surface area contributed by atoms with Crippen LogP contribution in [0, 0.1) is 11.8 Å². The number of aliphatic hydroxyl groups is 1. The van der Waals surface area contributed by atoms with Crippen LogP contribution in [0.3, 0.4) is 0 Å². The van der Waals surface area contributed by atoms with Gasteiger partial charge in [-0.05, 0) is 70.2 Å². The van der Waals surface area contributed by atoms with Gasteiger partial charge in [-0.1, -0.05) is 40.9 Å². The number of carbonyl (C=O) groups excluding carboxylic acids is 3. The zero-order valence-electron chi connectivity index (χ0n) is 26.2. The number of allylic oxidation sites excluding steroid dienone is 1. The first-order valence-corrected chi connectivity index (χ1v) is 17.0. The number of carbonyl (C=O) groups is 3. The van der Waals surface area contributed by atoms with Crippen molar-refractivity contribution in [3.63, 3.8) is 0 Å². The van der Waals surface area contributed by atoms with E-state index in [9.17, 15) is 19.5 Å². The molecule has 1 aromatic rings. The van der Waals surface area contributed by atoms with E-state index in [2.05, 4.69) is 47.8 Å².